The first kappa shape index (κ1) is 34.3. The molecular formula is C28H35N3O9S2. The molecule has 2 atom stereocenters. The molecule has 3 N–H and O–H groups in total. The van der Waals surface area contributed by atoms with Crippen molar-refractivity contribution in [1.29, 1.82) is 0 Å². The van der Waals surface area contributed by atoms with E-state index in [-0.39, 0.29) is 44.5 Å². The summed E-state index contributed by atoms with van der Waals surface area (Å²) in [5, 5.41) is 7.43. The molecule has 14 heteroatoms. The summed E-state index contributed by atoms with van der Waals surface area (Å²) in [6.07, 6.45) is -1.62. The number of esters is 2. The van der Waals surface area contributed by atoms with Crippen molar-refractivity contribution in [2.45, 2.75) is 39.1 Å². The summed E-state index contributed by atoms with van der Waals surface area (Å²) in [6.45, 7) is 3.21. The van der Waals surface area contributed by atoms with E-state index in [9.17, 15) is 24.0 Å². The fourth-order valence-electron chi connectivity index (χ4n) is 3.14. The van der Waals surface area contributed by atoms with Crippen LogP contribution >= 0.6 is 21.6 Å². The molecule has 0 unspecified atom stereocenters. The Kier molecular flexibility index (Phi) is 16.4. The van der Waals surface area contributed by atoms with Gasteiger partial charge in [-0.3, -0.25) is 9.59 Å². The molecule has 0 saturated heterocycles. The van der Waals surface area contributed by atoms with Crippen molar-refractivity contribution in [2.75, 3.05) is 31.3 Å². The third kappa shape index (κ3) is 14.1. The number of carbonyl (C=O) groups excluding carboxylic acids is 5. The van der Waals surface area contributed by atoms with Gasteiger partial charge in [0.2, 0.25) is 5.91 Å². The van der Waals surface area contributed by atoms with Crippen LogP contribution < -0.4 is 16.0 Å². The van der Waals surface area contributed by atoms with E-state index in [2.05, 4.69) is 16.0 Å². The molecule has 2 aromatic carbocycles. The van der Waals surface area contributed by atoms with Crippen LogP contribution in [0.4, 0.5) is 9.59 Å². The lowest BCUT2D eigenvalue weighted by Gasteiger charge is -2.19. The number of carbonyl (C=O) groups is 5. The van der Waals surface area contributed by atoms with E-state index >= 15 is 0 Å². The highest BCUT2D eigenvalue weighted by molar-refractivity contribution is 8.76. The summed E-state index contributed by atoms with van der Waals surface area (Å²) < 4.78 is 20.3. The molecule has 0 aliphatic rings. The summed E-state index contributed by atoms with van der Waals surface area (Å²) in [7, 11) is 2.33. The van der Waals surface area contributed by atoms with Gasteiger partial charge in [0.15, 0.2) is 0 Å². The molecule has 228 valence electrons. The first-order valence-electron chi connectivity index (χ1n) is 13.1. The Morgan fingerprint density at radius 1 is 0.667 bits per heavy atom. The number of benzene rings is 2. The summed E-state index contributed by atoms with van der Waals surface area (Å²) in [6, 6.07) is 16.0. The van der Waals surface area contributed by atoms with Crippen LogP contribution in [0.2, 0.25) is 0 Å². The second kappa shape index (κ2) is 20.0. The highest BCUT2D eigenvalue weighted by atomic mass is 33.1. The highest BCUT2D eigenvalue weighted by Gasteiger charge is 2.26. The van der Waals surface area contributed by atoms with Crippen LogP contribution in [0, 0.1) is 0 Å². The van der Waals surface area contributed by atoms with Crippen molar-refractivity contribution >= 4 is 51.6 Å². The SMILES string of the molecule is CCOC(=O)CNC(=O)[C@@H](CSSC[C@@H](NC(=O)OCc1ccccc1)C(=O)OCC)NC(=O)OCc1ccccc1. The van der Waals surface area contributed by atoms with Crippen LogP contribution in [0.1, 0.15) is 25.0 Å². The molecule has 0 radical (unpaired) electrons. The minimum atomic E-state index is -1.08. The van der Waals surface area contributed by atoms with Gasteiger partial charge in [-0.05, 0) is 25.0 Å². The van der Waals surface area contributed by atoms with E-state index in [1.54, 1.807) is 50.2 Å². The van der Waals surface area contributed by atoms with Crippen molar-refractivity contribution in [3.05, 3.63) is 71.8 Å². The fraction of sp³-hybridized carbons (Fsp3) is 0.393. The molecule has 0 aliphatic carbocycles. The first-order chi connectivity index (χ1) is 20.3. The lowest BCUT2D eigenvalue weighted by Crippen LogP contribution is -2.49. The summed E-state index contributed by atoms with van der Waals surface area (Å²) >= 11 is 0. The molecule has 0 saturated carbocycles. The van der Waals surface area contributed by atoms with Gasteiger partial charge in [0, 0.05) is 11.5 Å². The molecule has 0 heterocycles. The fourth-order valence-corrected chi connectivity index (χ4v) is 5.45. The molecular weight excluding hydrogens is 586 g/mol. The van der Waals surface area contributed by atoms with Crippen LogP contribution in [-0.2, 0) is 46.5 Å². The summed E-state index contributed by atoms with van der Waals surface area (Å²) in [5.41, 5.74) is 1.55. The zero-order valence-electron chi connectivity index (χ0n) is 23.4. The van der Waals surface area contributed by atoms with E-state index in [4.69, 9.17) is 18.9 Å². The molecule has 0 bridgehead atoms. The number of hydrogen-bond acceptors (Lipinski definition) is 11. The van der Waals surface area contributed by atoms with Gasteiger partial charge < -0.3 is 34.9 Å². The Labute approximate surface area is 252 Å². The van der Waals surface area contributed by atoms with Gasteiger partial charge in [-0.25, -0.2) is 14.4 Å². The Balaban J connectivity index is 1.91. The van der Waals surface area contributed by atoms with Crippen LogP contribution in [0.5, 0.6) is 0 Å². The van der Waals surface area contributed by atoms with E-state index in [0.717, 1.165) is 21.9 Å². The molecule has 42 heavy (non-hydrogen) atoms. The smallest absolute Gasteiger partial charge is 0.408 e. The Morgan fingerprint density at radius 2 is 1.14 bits per heavy atom. The van der Waals surface area contributed by atoms with Gasteiger partial charge in [-0.15, -0.1) is 0 Å². The van der Waals surface area contributed by atoms with E-state index < -0.39 is 42.1 Å². The third-order valence-electron chi connectivity index (χ3n) is 5.16. The molecule has 2 aromatic rings. The normalized spacial score (nSPS) is 11.8. The van der Waals surface area contributed by atoms with E-state index in [0.29, 0.717) is 0 Å². The van der Waals surface area contributed by atoms with Crippen LogP contribution in [-0.4, -0.2) is 73.4 Å². The largest absolute Gasteiger partial charge is 0.465 e. The van der Waals surface area contributed by atoms with Crippen molar-refractivity contribution in [2.24, 2.45) is 0 Å². The van der Waals surface area contributed by atoms with Gasteiger partial charge in [0.05, 0.1) is 13.2 Å². The van der Waals surface area contributed by atoms with Gasteiger partial charge in [0.1, 0.15) is 31.8 Å². The molecule has 3 amide bonds. The molecule has 0 fully saturated rings. The molecule has 12 nitrogen and oxygen atoms in total. The van der Waals surface area contributed by atoms with Gasteiger partial charge in [0.25, 0.3) is 0 Å². The molecule has 0 aliphatic heterocycles. The standard InChI is InChI=1S/C28H35N3O9S2/c1-3-37-24(32)15-29-25(33)22(30-27(35)39-16-20-11-7-5-8-12-20)18-41-42-19-23(26(34)38-4-2)31-28(36)40-17-21-13-9-6-10-14-21/h5-14,22-23H,3-4,15-19H2,1-2H3,(H,29,33)(H,30,35)(H,31,36)/t22-,23-/m1/s1. The van der Waals surface area contributed by atoms with Gasteiger partial charge in [-0.1, -0.05) is 82.3 Å². The Bertz CT molecular complexity index is 1140. The van der Waals surface area contributed by atoms with E-state index in [1.165, 1.54) is 10.8 Å². The number of amides is 3. The maximum absolute atomic E-state index is 12.8. The number of ether oxygens (including phenoxy) is 4. The van der Waals surface area contributed by atoms with Crippen LogP contribution in [0.3, 0.4) is 0 Å². The monoisotopic (exact) mass is 621 g/mol. The van der Waals surface area contributed by atoms with Gasteiger partial charge >= 0.3 is 24.1 Å². The summed E-state index contributed by atoms with van der Waals surface area (Å²) in [5.74, 6) is -1.76. The summed E-state index contributed by atoms with van der Waals surface area (Å²) in [4.78, 5) is 61.6. The zero-order chi connectivity index (χ0) is 30.6. The number of hydrogen-bond donors (Lipinski definition) is 3. The van der Waals surface area contributed by atoms with E-state index in [1.807, 2.05) is 24.3 Å². The maximum Gasteiger partial charge on any atom is 0.408 e. The second-order valence-electron chi connectivity index (χ2n) is 8.36. The van der Waals surface area contributed by atoms with Crippen molar-refractivity contribution in [3.63, 3.8) is 0 Å². The van der Waals surface area contributed by atoms with Crippen molar-refractivity contribution in [3.8, 4) is 0 Å². The average molecular weight is 622 g/mol. The zero-order valence-corrected chi connectivity index (χ0v) is 25.0. The predicted octanol–water partition coefficient (Wildman–Crippen LogP) is 3.20. The topological polar surface area (TPSA) is 158 Å². The van der Waals surface area contributed by atoms with Crippen molar-refractivity contribution < 1.29 is 42.9 Å². The lowest BCUT2D eigenvalue weighted by molar-refractivity contribution is -0.145. The lowest BCUT2D eigenvalue weighted by atomic mass is 10.2. The van der Waals surface area contributed by atoms with Crippen LogP contribution in [0.15, 0.2) is 60.7 Å². The second-order valence-corrected chi connectivity index (χ2v) is 10.9. The number of alkyl carbamates (subject to hydrolysis) is 2. The molecule has 2 rings (SSSR count). The third-order valence-corrected chi connectivity index (χ3v) is 7.58. The first-order valence-corrected chi connectivity index (χ1v) is 15.6. The minimum absolute atomic E-state index is 0.000999. The minimum Gasteiger partial charge on any atom is -0.465 e. The van der Waals surface area contributed by atoms with Crippen LogP contribution in [0.25, 0.3) is 0 Å². The maximum atomic E-state index is 12.8. The molecule has 0 aromatic heterocycles. The average Bonchev–Trinajstić information content (AvgIpc) is 3.00. The van der Waals surface area contributed by atoms with Gasteiger partial charge in [-0.2, -0.15) is 0 Å². The number of rotatable bonds is 17. The molecule has 0 spiro atoms. The highest BCUT2D eigenvalue weighted by Crippen LogP contribution is 2.23. The quantitative estimate of drug-likeness (QED) is 0.103. The number of nitrogens with one attached hydrogen (secondary N) is 3. The Morgan fingerprint density at radius 3 is 1.64 bits per heavy atom. The van der Waals surface area contributed by atoms with Crippen molar-refractivity contribution in [1.82, 2.24) is 16.0 Å². The Hall–Kier alpha value is -3.91. The predicted molar refractivity (Wildman–Crippen MR) is 158 cm³/mol.